The summed E-state index contributed by atoms with van der Waals surface area (Å²) in [6.07, 6.45) is -7.93. The Kier molecular flexibility index (Phi) is 8.08. The van der Waals surface area contributed by atoms with Crippen molar-refractivity contribution in [3.05, 3.63) is 65.2 Å². The number of benzene rings is 2. The van der Waals surface area contributed by atoms with Crippen molar-refractivity contribution in [2.24, 2.45) is 22.6 Å². The predicted molar refractivity (Wildman–Crippen MR) is 138 cm³/mol. The van der Waals surface area contributed by atoms with E-state index in [9.17, 15) is 31.9 Å². The van der Waals surface area contributed by atoms with Crippen LogP contribution < -0.4 is 16.4 Å². The number of para-hydroxylation sites is 1. The number of primary amides is 1. The average Bonchev–Trinajstić information content (AvgIpc) is 2.99. The number of halogens is 4. The van der Waals surface area contributed by atoms with Crippen LogP contribution in [0.25, 0.3) is 0 Å². The van der Waals surface area contributed by atoms with Gasteiger partial charge in [-0.05, 0) is 44.6 Å². The fourth-order valence-electron chi connectivity index (χ4n) is 5.08. The number of nitrogens with two attached hydrogens (primary N) is 1. The molecule has 4 N–H and O–H groups in total. The van der Waals surface area contributed by atoms with Gasteiger partial charge in [0.15, 0.2) is 0 Å². The zero-order valence-electron chi connectivity index (χ0n) is 21.4. The first-order valence-electron chi connectivity index (χ1n) is 12.8. The number of alkyl halides is 4. The molecule has 0 spiro atoms. The lowest BCUT2D eigenvalue weighted by Crippen LogP contribution is -2.50. The van der Waals surface area contributed by atoms with E-state index in [0.29, 0.717) is 28.9 Å². The fraction of sp³-hybridized carbons (Fsp3) is 0.429. The van der Waals surface area contributed by atoms with Crippen LogP contribution in [0.2, 0.25) is 0 Å². The third-order valence-electron chi connectivity index (χ3n) is 7.37. The van der Waals surface area contributed by atoms with Crippen LogP contribution in [0.4, 0.5) is 23.2 Å². The Bertz CT molecular complexity index is 1280. The maximum atomic E-state index is 15.0. The van der Waals surface area contributed by atoms with Gasteiger partial charge in [-0.25, -0.2) is 9.38 Å². The zero-order chi connectivity index (χ0) is 28.4. The molecule has 4 rings (SSSR count). The summed E-state index contributed by atoms with van der Waals surface area (Å²) in [7, 11) is 0. The van der Waals surface area contributed by atoms with Crippen molar-refractivity contribution in [3.63, 3.8) is 0 Å². The van der Waals surface area contributed by atoms with Gasteiger partial charge in [0.05, 0.1) is 23.2 Å². The molecular weight excluding hydrogens is 516 g/mol. The molecule has 1 fully saturated rings. The number of benzodiazepines with no additional fused rings is 1. The molecule has 2 aromatic rings. The summed E-state index contributed by atoms with van der Waals surface area (Å²) in [6.45, 7) is 1.79. The van der Waals surface area contributed by atoms with Crippen LogP contribution >= 0.6 is 0 Å². The van der Waals surface area contributed by atoms with Crippen LogP contribution in [-0.4, -0.2) is 41.4 Å². The largest absolute Gasteiger partial charge is 0.389 e. The first-order chi connectivity index (χ1) is 18.4. The molecule has 1 saturated carbocycles. The number of amides is 3. The van der Waals surface area contributed by atoms with Gasteiger partial charge in [0, 0.05) is 17.5 Å². The minimum absolute atomic E-state index is 0.137. The van der Waals surface area contributed by atoms with Crippen molar-refractivity contribution in [1.29, 1.82) is 0 Å². The van der Waals surface area contributed by atoms with Crippen LogP contribution in [0.1, 0.15) is 55.2 Å². The van der Waals surface area contributed by atoms with Crippen LogP contribution in [0, 0.1) is 18.8 Å². The Morgan fingerprint density at radius 3 is 2.41 bits per heavy atom. The Balaban J connectivity index is 1.68. The molecule has 1 aliphatic heterocycles. The van der Waals surface area contributed by atoms with E-state index in [4.69, 9.17) is 5.73 Å². The fourth-order valence-corrected chi connectivity index (χ4v) is 5.08. The molecule has 11 heteroatoms. The summed E-state index contributed by atoms with van der Waals surface area (Å²) >= 11 is 0. The van der Waals surface area contributed by atoms with E-state index in [1.54, 1.807) is 55.5 Å². The van der Waals surface area contributed by atoms with Gasteiger partial charge in [-0.2, -0.15) is 13.2 Å². The molecule has 2 aromatic carbocycles. The number of aryl methyl sites for hydroxylation is 1. The maximum Gasteiger partial charge on any atom is 0.389 e. The van der Waals surface area contributed by atoms with Crippen molar-refractivity contribution in [2.45, 2.75) is 63.5 Å². The monoisotopic (exact) mass is 546 g/mol. The third kappa shape index (κ3) is 6.63. The summed E-state index contributed by atoms with van der Waals surface area (Å²) in [5.74, 6) is -5.89. The molecule has 39 heavy (non-hydrogen) atoms. The predicted octanol–water partition coefficient (Wildman–Crippen LogP) is 4.57. The van der Waals surface area contributed by atoms with E-state index < -0.39 is 66.8 Å². The highest BCUT2D eigenvalue weighted by Gasteiger charge is 2.46. The van der Waals surface area contributed by atoms with E-state index in [-0.39, 0.29) is 12.8 Å². The smallest absolute Gasteiger partial charge is 0.369 e. The van der Waals surface area contributed by atoms with Crippen molar-refractivity contribution in [3.8, 4) is 0 Å². The number of fused-ring (bicyclic) bond motifs is 1. The molecule has 3 amide bonds. The second-order valence-electron chi connectivity index (χ2n) is 10.2. The van der Waals surface area contributed by atoms with Crippen molar-refractivity contribution in [1.82, 2.24) is 5.32 Å². The molecule has 0 aromatic heterocycles. The Hall–Kier alpha value is -3.76. The van der Waals surface area contributed by atoms with Gasteiger partial charge in [0.25, 0.3) is 5.91 Å². The molecule has 1 aliphatic carbocycles. The van der Waals surface area contributed by atoms with Gasteiger partial charge in [0.2, 0.25) is 18.0 Å². The van der Waals surface area contributed by atoms with E-state index in [1.807, 2.05) is 0 Å². The third-order valence-corrected chi connectivity index (χ3v) is 7.37. The summed E-state index contributed by atoms with van der Waals surface area (Å²) in [4.78, 5) is 43.5. The molecule has 0 bridgehead atoms. The lowest BCUT2D eigenvalue weighted by molar-refractivity contribution is -0.148. The van der Waals surface area contributed by atoms with Gasteiger partial charge in [-0.15, -0.1) is 0 Å². The topological polar surface area (TPSA) is 114 Å². The summed E-state index contributed by atoms with van der Waals surface area (Å²) in [6, 6.07) is 14.2. The lowest BCUT2D eigenvalue weighted by Gasteiger charge is -2.38. The highest BCUT2D eigenvalue weighted by molar-refractivity contribution is 6.20. The quantitative estimate of drug-likeness (QED) is 0.401. The van der Waals surface area contributed by atoms with Gasteiger partial charge in [-0.3, -0.25) is 14.4 Å². The van der Waals surface area contributed by atoms with E-state index in [0.717, 1.165) is 5.56 Å². The lowest BCUT2D eigenvalue weighted by atomic mass is 9.71. The molecule has 1 heterocycles. The van der Waals surface area contributed by atoms with Gasteiger partial charge >= 0.3 is 6.18 Å². The molecule has 2 aliphatic rings. The molecule has 0 radical (unpaired) electrons. The Morgan fingerprint density at radius 2 is 1.82 bits per heavy atom. The average molecular weight is 547 g/mol. The normalized spacial score (nSPS) is 19.9. The molecule has 0 unspecified atom stereocenters. The van der Waals surface area contributed by atoms with Gasteiger partial charge in [0.1, 0.15) is 5.67 Å². The highest BCUT2D eigenvalue weighted by atomic mass is 19.4. The number of rotatable bonds is 9. The standard InChI is InChI=1S/C28H30F4N4O3/c1-16-7-5-10-19-21(16)35-26(39)24(34-22(19)17-8-3-2-4-9-17)36-25(38)18(11-14-28(30,31)32)20(23(33)37)15-27(29)12-6-13-27/h2-5,7-10,18,20,24H,6,11-15H2,1H3,(H2,33,37)(H,35,39)(H,36,38)/t18-,20+,24-/m1/s1. The van der Waals surface area contributed by atoms with Crippen LogP contribution in [0.15, 0.2) is 53.5 Å². The number of anilines is 1. The summed E-state index contributed by atoms with van der Waals surface area (Å²) in [5, 5.41) is 5.17. The van der Waals surface area contributed by atoms with Crippen LogP contribution in [0.3, 0.4) is 0 Å². The minimum Gasteiger partial charge on any atom is -0.369 e. The highest BCUT2D eigenvalue weighted by Crippen LogP contribution is 2.43. The van der Waals surface area contributed by atoms with E-state index >= 15 is 0 Å². The van der Waals surface area contributed by atoms with Gasteiger partial charge < -0.3 is 16.4 Å². The molecule has 7 nitrogen and oxygen atoms in total. The Morgan fingerprint density at radius 1 is 1.13 bits per heavy atom. The van der Waals surface area contributed by atoms with E-state index in [2.05, 4.69) is 15.6 Å². The maximum absolute atomic E-state index is 15.0. The number of carbonyl (C=O) groups excluding carboxylic acids is 3. The molecular formula is C28H30F4N4O3. The summed E-state index contributed by atoms with van der Waals surface area (Å²) < 4.78 is 54.4. The zero-order valence-corrected chi connectivity index (χ0v) is 21.4. The summed E-state index contributed by atoms with van der Waals surface area (Å²) in [5.41, 5.74) is 6.56. The van der Waals surface area contributed by atoms with E-state index in [1.165, 1.54) is 0 Å². The second-order valence-corrected chi connectivity index (χ2v) is 10.2. The number of hydrogen-bond acceptors (Lipinski definition) is 4. The van der Waals surface area contributed by atoms with Gasteiger partial charge in [-0.1, -0.05) is 48.5 Å². The number of nitrogens with zero attached hydrogens (tertiary/aromatic N) is 1. The second kappa shape index (κ2) is 11.2. The first kappa shape index (κ1) is 28.3. The number of carbonyl (C=O) groups is 3. The molecule has 0 saturated heterocycles. The van der Waals surface area contributed by atoms with Crippen LogP contribution in [0.5, 0.6) is 0 Å². The van der Waals surface area contributed by atoms with Crippen molar-refractivity contribution < 1.29 is 31.9 Å². The van der Waals surface area contributed by atoms with Crippen LogP contribution in [-0.2, 0) is 14.4 Å². The minimum atomic E-state index is -4.62. The molecule has 208 valence electrons. The first-order valence-corrected chi connectivity index (χ1v) is 12.8. The number of hydrogen-bond donors (Lipinski definition) is 3. The van der Waals surface area contributed by atoms with Crippen molar-refractivity contribution in [2.75, 3.05) is 5.32 Å². The number of nitrogens with one attached hydrogen (secondary N) is 2. The Labute approximate surface area is 223 Å². The van der Waals surface area contributed by atoms with Crippen molar-refractivity contribution >= 4 is 29.1 Å². The number of aliphatic imine (C=N–C) groups is 1. The SMILES string of the molecule is Cc1cccc2c1NC(=O)[C@@H](NC(=O)[C@H](CCC(F)(F)F)[C@H](CC1(F)CCC1)C(N)=O)N=C2c1ccccc1. The molecule has 3 atom stereocenters.